The summed E-state index contributed by atoms with van der Waals surface area (Å²) in [7, 11) is -4.60. The molecule has 3 atom stereocenters. The molecule has 3 N–H and O–H groups in total. The lowest BCUT2D eigenvalue weighted by Gasteiger charge is -2.20. The maximum Gasteiger partial charge on any atom is 0.472 e. The van der Waals surface area contributed by atoms with E-state index in [1.165, 1.54) is 0 Å². The molecule has 0 spiro atoms. The molecule has 0 amide bonds. The van der Waals surface area contributed by atoms with Crippen LogP contribution >= 0.6 is 7.82 Å². The predicted octanol–water partition coefficient (Wildman–Crippen LogP) is 5.48. The minimum absolute atomic E-state index is 0.0688. The van der Waals surface area contributed by atoms with Crippen LogP contribution in [0, 0.1) is 0 Å². The molecule has 0 radical (unpaired) electrons. The average molecular weight is 589 g/mol. The molecule has 0 rings (SSSR count). The highest BCUT2D eigenvalue weighted by molar-refractivity contribution is 7.47. The molecule has 0 bridgehead atoms. The Hall–Kier alpha value is -2.07. The third-order valence-electron chi connectivity index (χ3n) is 5.36. The van der Waals surface area contributed by atoms with Crippen LogP contribution in [0.15, 0.2) is 48.6 Å². The van der Waals surface area contributed by atoms with Crippen molar-refractivity contribution in [3.05, 3.63) is 48.6 Å². The lowest BCUT2D eigenvalue weighted by molar-refractivity contribution is -0.153. The van der Waals surface area contributed by atoms with E-state index < -0.39 is 58.4 Å². The summed E-state index contributed by atoms with van der Waals surface area (Å²) in [6.45, 7) is 1.34. The first-order chi connectivity index (χ1) is 19.3. The Labute approximate surface area is 239 Å². The smallest absolute Gasteiger partial charge is 0.457 e. The lowest BCUT2D eigenvalue weighted by Crippen LogP contribution is -2.28. The van der Waals surface area contributed by atoms with Crippen molar-refractivity contribution in [2.24, 2.45) is 0 Å². The molecule has 3 unspecified atom stereocenters. The van der Waals surface area contributed by atoms with Crippen LogP contribution in [0.3, 0.4) is 0 Å². The first kappa shape index (κ1) is 37.9. The van der Waals surface area contributed by atoms with Crippen LogP contribution in [0.2, 0.25) is 0 Å². The third kappa shape index (κ3) is 23.8. The number of ether oxygens (including phenoxy) is 2. The molecule has 11 heteroatoms. The Kier molecular flexibility index (Phi) is 24.5. The Morgan fingerprint density at radius 1 is 0.700 bits per heavy atom. The van der Waals surface area contributed by atoms with E-state index in [1.54, 1.807) is 6.92 Å². The number of esters is 2. The van der Waals surface area contributed by atoms with Crippen molar-refractivity contribution in [1.29, 1.82) is 0 Å². The molecule has 0 aliphatic carbocycles. The second kappa shape index (κ2) is 25.9. The van der Waals surface area contributed by atoms with E-state index in [-0.39, 0.29) is 12.8 Å². The summed E-state index contributed by atoms with van der Waals surface area (Å²) in [5, 5.41) is 18.6. The number of hydrogen-bond donors (Lipinski definition) is 3. The molecule has 40 heavy (non-hydrogen) atoms. The van der Waals surface area contributed by atoms with E-state index in [0.29, 0.717) is 6.42 Å². The van der Waals surface area contributed by atoms with Gasteiger partial charge in [0.25, 0.3) is 0 Å². The Morgan fingerprint density at radius 2 is 1.18 bits per heavy atom. The molecule has 0 aromatic carbocycles. The van der Waals surface area contributed by atoms with Gasteiger partial charge in [0, 0.05) is 12.8 Å². The molecule has 0 heterocycles. The molecule has 0 aliphatic rings. The summed E-state index contributed by atoms with van der Waals surface area (Å²) in [5.41, 5.74) is 0. The highest BCUT2D eigenvalue weighted by Crippen LogP contribution is 2.43. The van der Waals surface area contributed by atoms with Gasteiger partial charge in [-0.05, 0) is 44.9 Å². The summed E-state index contributed by atoms with van der Waals surface area (Å²) in [6, 6.07) is 0. The third-order valence-corrected chi connectivity index (χ3v) is 6.31. The van der Waals surface area contributed by atoms with Crippen LogP contribution in [0.4, 0.5) is 0 Å². The van der Waals surface area contributed by atoms with Crippen LogP contribution in [0.1, 0.15) is 84.5 Å². The first-order valence-electron chi connectivity index (χ1n) is 14.1. The Bertz CT molecular complexity index is 822. The van der Waals surface area contributed by atoms with Gasteiger partial charge in [-0.25, -0.2) is 4.57 Å². The van der Waals surface area contributed by atoms with Crippen molar-refractivity contribution in [2.75, 3.05) is 26.4 Å². The number of unbranched alkanes of at least 4 members (excludes halogenated alkanes) is 4. The fourth-order valence-electron chi connectivity index (χ4n) is 3.14. The number of hydrogen-bond acceptors (Lipinski definition) is 9. The van der Waals surface area contributed by atoms with Crippen LogP contribution in [-0.4, -0.2) is 65.7 Å². The lowest BCUT2D eigenvalue weighted by atomic mass is 10.1. The second-order valence-electron chi connectivity index (χ2n) is 8.96. The largest absolute Gasteiger partial charge is 0.472 e. The Morgan fingerprint density at radius 3 is 1.68 bits per heavy atom. The number of phosphoric acid groups is 1. The van der Waals surface area contributed by atoms with Gasteiger partial charge in [0.05, 0.1) is 26.4 Å². The van der Waals surface area contributed by atoms with Crippen molar-refractivity contribution in [1.82, 2.24) is 0 Å². The molecule has 0 saturated heterocycles. The molecule has 0 fully saturated rings. The standard InChI is InChI=1S/C29H49O10P/c1-3-5-6-7-8-9-10-11-12-13-14-15-16-17-18-19-20-21-29(33)39-27(23-31)25-37-40(34,35)36-24-26(22-30)38-28(32)4-2/h5-6,8-9,11-12,14-15,26-27,30-31H,3-4,7,10,13,16-25H2,1-2H3,(H,34,35)/b6-5-,9-8-,12-11-,15-14-. The molecule has 10 nitrogen and oxygen atoms in total. The summed E-state index contributed by atoms with van der Waals surface area (Å²) in [5.74, 6) is -1.14. The van der Waals surface area contributed by atoms with Crippen molar-refractivity contribution < 1.29 is 47.8 Å². The van der Waals surface area contributed by atoms with Gasteiger partial charge >= 0.3 is 19.8 Å². The normalized spacial score (nSPS) is 15.2. The van der Waals surface area contributed by atoms with Gasteiger partial charge in [-0.3, -0.25) is 18.6 Å². The van der Waals surface area contributed by atoms with E-state index in [0.717, 1.165) is 51.4 Å². The molecule has 230 valence electrons. The van der Waals surface area contributed by atoms with Crippen LogP contribution in [-0.2, 0) is 32.7 Å². The minimum Gasteiger partial charge on any atom is -0.457 e. The highest BCUT2D eigenvalue weighted by Gasteiger charge is 2.27. The number of phosphoric ester groups is 1. The topological polar surface area (TPSA) is 149 Å². The first-order valence-corrected chi connectivity index (χ1v) is 15.6. The van der Waals surface area contributed by atoms with Crippen molar-refractivity contribution in [3.63, 3.8) is 0 Å². The van der Waals surface area contributed by atoms with Crippen molar-refractivity contribution >= 4 is 19.8 Å². The van der Waals surface area contributed by atoms with Crippen LogP contribution < -0.4 is 0 Å². The van der Waals surface area contributed by atoms with Gasteiger partial charge in [-0.1, -0.05) is 75.3 Å². The number of rotatable bonds is 25. The monoisotopic (exact) mass is 588 g/mol. The van der Waals surface area contributed by atoms with Crippen molar-refractivity contribution in [2.45, 2.75) is 96.7 Å². The molecular weight excluding hydrogens is 539 g/mol. The van der Waals surface area contributed by atoms with Gasteiger partial charge in [0.1, 0.15) is 12.2 Å². The second-order valence-corrected chi connectivity index (χ2v) is 10.4. The predicted molar refractivity (Wildman–Crippen MR) is 154 cm³/mol. The van der Waals surface area contributed by atoms with Gasteiger partial charge < -0.3 is 24.6 Å². The Balaban J connectivity index is 3.96. The van der Waals surface area contributed by atoms with Gasteiger partial charge in [0.15, 0.2) is 0 Å². The highest BCUT2D eigenvalue weighted by atomic mass is 31.2. The van der Waals surface area contributed by atoms with E-state index in [1.807, 2.05) is 0 Å². The van der Waals surface area contributed by atoms with Gasteiger partial charge in [0.2, 0.25) is 0 Å². The fraction of sp³-hybridized carbons (Fsp3) is 0.655. The SMILES string of the molecule is CC/C=C\C/C=C\C/C=C\C/C=C\CCCCCCC(=O)OC(CO)COP(=O)(O)OCC(CO)OC(=O)CC. The number of aliphatic hydroxyl groups is 2. The maximum absolute atomic E-state index is 12.0. The summed E-state index contributed by atoms with van der Waals surface area (Å²) < 4.78 is 31.4. The zero-order valence-electron chi connectivity index (χ0n) is 24.0. The molecule has 0 aromatic rings. The van der Waals surface area contributed by atoms with E-state index in [4.69, 9.17) is 23.6 Å². The van der Waals surface area contributed by atoms with E-state index >= 15 is 0 Å². The number of carbonyl (C=O) groups excluding carboxylic acids is 2. The maximum atomic E-state index is 12.0. The van der Waals surface area contributed by atoms with Crippen LogP contribution in [0.5, 0.6) is 0 Å². The van der Waals surface area contributed by atoms with E-state index in [2.05, 4.69) is 55.5 Å². The summed E-state index contributed by atoms with van der Waals surface area (Å²) >= 11 is 0. The zero-order chi connectivity index (χ0) is 29.9. The summed E-state index contributed by atoms with van der Waals surface area (Å²) in [4.78, 5) is 33.0. The zero-order valence-corrected chi connectivity index (χ0v) is 24.9. The minimum atomic E-state index is -4.60. The number of aliphatic hydroxyl groups excluding tert-OH is 2. The van der Waals surface area contributed by atoms with Crippen molar-refractivity contribution in [3.8, 4) is 0 Å². The fourth-order valence-corrected chi connectivity index (χ4v) is 3.92. The van der Waals surface area contributed by atoms with Crippen LogP contribution in [0.25, 0.3) is 0 Å². The molecular formula is C29H49O10P. The number of carbonyl (C=O) groups is 2. The summed E-state index contributed by atoms with van der Waals surface area (Å²) in [6.07, 6.45) is 23.7. The number of allylic oxidation sites excluding steroid dienone is 8. The van der Waals surface area contributed by atoms with Gasteiger partial charge in [-0.2, -0.15) is 0 Å². The quantitative estimate of drug-likeness (QED) is 0.0541. The van der Waals surface area contributed by atoms with Gasteiger partial charge in [-0.15, -0.1) is 0 Å². The molecule has 0 saturated carbocycles. The van der Waals surface area contributed by atoms with E-state index in [9.17, 15) is 24.2 Å². The molecule has 0 aliphatic heterocycles. The average Bonchev–Trinajstić information content (AvgIpc) is 2.94. The molecule has 0 aromatic heterocycles.